The van der Waals surface area contributed by atoms with Crippen molar-refractivity contribution in [1.82, 2.24) is 20.6 Å². The Bertz CT molecular complexity index is 967. The summed E-state index contributed by atoms with van der Waals surface area (Å²) in [5.41, 5.74) is 6.43. The maximum atomic E-state index is 12.3. The van der Waals surface area contributed by atoms with Crippen LogP contribution in [0.4, 0.5) is 0 Å². The first kappa shape index (κ1) is 17.7. The van der Waals surface area contributed by atoms with E-state index in [0.717, 1.165) is 10.2 Å². The minimum atomic E-state index is -0.616. The predicted molar refractivity (Wildman–Crippen MR) is 99.0 cm³/mol. The summed E-state index contributed by atoms with van der Waals surface area (Å²) in [5.74, 6) is -1.29. The smallest absolute Gasteiger partial charge is 0.273 e. The Kier molecular flexibility index (Phi) is 5.04. The van der Waals surface area contributed by atoms with Gasteiger partial charge in [0.1, 0.15) is 5.75 Å². The van der Waals surface area contributed by atoms with Gasteiger partial charge in [-0.3, -0.25) is 20.4 Å². The second-order valence-electron chi connectivity index (χ2n) is 5.46. The van der Waals surface area contributed by atoms with Crippen molar-refractivity contribution < 1.29 is 14.7 Å². The molecule has 0 aliphatic heterocycles. The lowest BCUT2D eigenvalue weighted by Crippen LogP contribution is -2.41. The van der Waals surface area contributed by atoms with Crippen LogP contribution >= 0.6 is 15.9 Å². The molecule has 0 bridgehead atoms. The van der Waals surface area contributed by atoms with Gasteiger partial charge in [0.2, 0.25) is 0 Å². The van der Waals surface area contributed by atoms with Gasteiger partial charge in [-0.15, -0.1) is 0 Å². The number of benzene rings is 2. The summed E-state index contributed by atoms with van der Waals surface area (Å²) in [6.45, 7) is 1.76. The van der Waals surface area contributed by atoms with Gasteiger partial charge in [0.25, 0.3) is 11.8 Å². The number of halogens is 1. The maximum Gasteiger partial charge on any atom is 0.273 e. The Hall–Kier alpha value is -3.13. The van der Waals surface area contributed by atoms with Crippen LogP contribution in [0.25, 0.3) is 5.69 Å². The molecule has 3 N–H and O–H groups in total. The zero-order valence-electron chi connectivity index (χ0n) is 13.7. The molecule has 0 aliphatic rings. The molecule has 0 unspecified atom stereocenters. The number of nitrogens with zero attached hydrogens (tertiary/aromatic N) is 2. The molecule has 2 amide bonds. The number of phenolic OH excluding ortho intramolecular Hbond substituents is 1. The summed E-state index contributed by atoms with van der Waals surface area (Å²) >= 11 is 3.37. The maximum absolute atomic E-state index is 12.3. The second-order valence-corrected chi connectivity index (χ2v) is 6.37. The molecule has 3 aromatic rings. The minimum Gasteiger partial charge on any atom is -0.507 e. The van der Waals surface area contributed by atoms with Gasteiger partial charge in [0.05, 0.1) is 28.7 Å². The summed E-state index contributed by atoms with van der Waals surface area (Å²) in [4.78, 5) is 24.4. The molecule has 132 valence electrons. The third-order valence-electron chi connectivity index (χ3n) is 3.76. The Labute approximate surface area is 157 Å². The highest BCUT2D eigenvalue weighted by atomic mass is 79.9. The molecular formula is C18H15BrN4O3. The van der Waals surface area contributed by atoms with Gasteiger partial charge in [0.15, 0.2) is 0 Å². The van der Waals surface area contributed by atoms with Crippen LogP contribution in [-0.2, 0) is 0 Å². The second kappa shape index (κ2) is 7.40. The Morgan fingerprint density at radius 2 is 1.62 bits per heavy atom. The van der Waals surface area contributed by atoms with Crippen molar-refractivity contribution in [2.24, 2.45) is 0 Å². The topological polar surface area (TPSA) is 96.2 Å². The van der Waals surface area contributed by atoms with Crippen molar-refractivity contribution in [3.8, 4) is 11.4 Å². The lowest BCUT2D eigenvalue weighted by molar-refractivity contribution is 0.0844. The molecule has 8 heteroatoms. The van der Waals surface area contributed by atoms with Crippen molar-refractivity contribution in [2.45, 2.75) is 6.92 Å². The van der Waals surface area contributed by atoms with E-state index in [1.165, 1.54) is 18.3 Å². The molecule has 0 spiro atoms. The fourth-order valence-corrected chi connectivity index (χ4v) is 2.65. The van der Waals surface area contributed by atoms with Gasteiger partial charge in [-0.05, 0) is 43.3 Å². The highest BCUT2D eigenvalue weighted by Gasteiger charge is 2.17. The number of carbonyl (C=O) groups excluding carboxylic acids is 2. The largest absolute Gasteiger partial charge is 0.507 e. The third-order valence-corrected chi connectivity index (χ3v) is 4.29. The minimum absolute atomic E-state index is 0.0649. The van der Waals surface area contributed by atoms with Crippen LogP contribution in [-0.4, -0.2) is 26.7 Å². The van der Waals surface area contributed by atoms with Crippen molar-refractivity contribution in [3.63, 3.8) is 0 Å². The molecular weight excluding hydrogens is 400 g/mol. The number of carbonyl (C=O) groups is 2. The predicted octanol–water partition coefficient (Wildman–Crippen LogP) is 2.72. The SMILES string of the molecule is Cc1c(C(=O)NNC(=O)c2ccccc2O)cnn1-c1ccc(Br)cc1. The highest BCUT2D eigenvalue weighted by Crippen LogP contribution is 2.17. The Morgan fingerprint density at radius 1 is 1.00 bits per heavy atom. The standard InChI is InChI=1S/C18H15BrN4O3/c1-11-15(10-20-23(11)13-8-6-12(19)7-9-13)18(26)22-21-17(25)14-4-2-3-5-16(14)24/h2-10,24H,1H3,(H,21,25)(H,22,26). The van der Waals surface area contributed by atoms with Gasteiger partial charge >= 0.3 is 0 Å². The van der Waals surface area contributed by atoms with E-state index in [2.05, 4.69) is 31.9 Å². The molecule has 2 aromatic carbocycles. The van der Waals surface area contributed by atoms with Gasteiger partial charge in [-0.25, -0.2) is 4.68 Å². The highest BCUT2D eigenvalue weighted by molar-refractivity contribution is 9.10. The van der Waals surface area contributed by atoms with E-state index in [9.17, 15) is 14.7 Å². The van der Waals surface area contributed by atoms with E-state index < -0.39 is 11.8 Å². The first-order valence-electron chi connectivity index (χ1n) is 7.66. The van der Waals surface area contributed by atoms with E-state index in [-0.39, 0.29) is 11.3 Å². The van der Waals surface area contributed by atoms with Crippen LogP contribution in [0, 0.1) is 6.92 Å². The van der Waals surface area contributed by atoms with Gasteiger partial charge < -0.3 is 5.11 Å². The monoisotopic (exact) mass is 414 g/mol. The van der Waals surface area contributed by atoms with Crippen LogP contribution in [0.3, 0.4) is 0 Å². The molecule has 1 heterocycles. The number of hydrogen-bond acceptors (Lipinski definition) is 4. The summed E-state index contributed by atoms with van der Waals surface area (Å²) in [5, 5.41) is 13.9. The molecule has 0 atom stereocenters. The van der Waals surface area contributed by atoms with E-state index in [1.54, 1.807) is 23.7 Å². The summed E-state index contributed by atoms with van der Waals surface area (Å²) < 4.78 is 2.57. The van der Waals surface area contributed by atoms with Crippen LogP contribution in [0.2, 0.25) is 0 Å². The molecule has 1 aromatic heterocycles. The van der Waals surface area contributed by atoms with Crippen molar-refractivity contribution in [2.75, 3.05) is 0 Å². The number of aromatic nitrogens is 2. The number of rotatable bonds is 3. The summed E-state index contributed by atoms with van der Waals surface area (Å²) in [6.07, 6.45) is 1.43. The van der Waals surface area contributed by atoms with Crippen molar-refractivity contribution in [1.29, 1.82) is 0 Å². The molecule has 0 radical (unpaired) electrons. The number of amides is 2. The van der Waals surface area contributed by atoms with Gasteiger partial charge in [0, 0.05) is 4.47 Å². The fourth-order valence-electron chi connectivity index (χ4n) is 2.39. The lowest BCUT2D eigenvalue weighted by atomic mass is 10.2. The quantitative estimate of drug-likeness (QED) is 0.574. The third kappa shape index (κ3) is 3.60. The van der Waals surface area contributed by atoms with Crippen LogP contribution in [0.1, 0.15) is 26.4 Å². The van der Waals surface area contributed by atoms with Gasteiger partial charge in [-0.2, -0.15) is 5.10 Å². The van der Waals surface area contributed by atoms with Gasteiger partial charge in [-0.1, -0.05) is 28.1 Å². The molecule has 0 saturated carbocycles. The van der Waals surface area contributed by atoms with E-state index in [0.29, 0.717) is 11.3 Å². The Morgan fingerprint density at radius 3 is 2.27 bits per heavy atom. The van der Waals surface area contributed by atoms with E-state index >= 15 is 0 Å². The summed E-state index contributed by atoms with van der Waals surface area (Å²) in [7, 11) is 0. The average molecular weight is 415 g/mol. The lowest BCUT2D eigenvalue weighted by Gasteiger charge is -2.09. The fraction of sp³-hybridized carbons (Fsp3) is 0.0556. The van der Waals surface area contributed by atoms with Crippen molar-refractivity contribution in [3.05, 3.63) is 76.0 Å². The number of hydrazine groups is 1. The number of para-hydroxylation sites is 1. The molecule has 0 aliphatic carbocycles. The Balaban J connectivity index is 1.72. The normalized spacial score (nSPS) is 10.4. The zero-order chi connectivity index (χ0) is 18.7. The number of aromatic hydroxyl groups is 1. The molecule has 0 fully saturated rings. The zero-order valence-corrected chi connectivity index (χ0v) is 15.3. The molecule has 3 rings (SSSR count). The molecule has 0 saturated heterocycles. The average Bonchev–Trinajstić information content (AvgIpc) is 3.02. The molecule has 26 heavy (non-hydrogen) atoms. The number of hydrogen-bond donors (Lipinski definition) is 3. The van der Waals surface area contributed by atoms with Crippen LogP contribution in [0.15, 0.2) is 59.2 Å². The number of nitrogens with one attached hydrogen (secondary N) is 2. The molecule has 7 nitrogen and oxygen atoms in total. The first-order valence-corrected chi connectivity index (χ1v) is 8.46. The van der Waals surface area contributed by atoms with Crippen molar-refractivity contribution >= 4 is 27.7 Å². The van der Waals surface area contributed by atoms with E-state index in [1.807, 2.05) is 24.3 Å². The van der Waals surface area contributed by atoms with Crippen LogP contribution < -0.4 is 10.9 Å². The van der Waals surface area contributed by atoms with Crippen LogP contribution in [0.5, 0.6) is 5.75 Å². The first-order chi connectivity index (χ1) is 12.5. The summed E-state index contributed by atoms with van der Waals surface area (Å²) in [6, 6.07) is 13.5. The number of phenols is 1. The van der Waals surface area contributed by atoms with E-state index in [4.69, 9.17) is 0 Å².